The van der Waals surface area contributed by atoms with Crippen molar-refractivity contribution in [1.82, 2.24) is 9.03 Å². The fraction of sp³-hybridized carbons (Fsp3) is 0.333. The largest absolute Gasteiger partial charge is 0.240 e. The Morgan fingerprint density at radius 1 is 0.923 bits per heavy atom. The van der Waals surface area contributed by atoms with E-state index in [1.54, 1.807) is 12.1 Å². The molecule has 142 valence electrons. The van der Waals surface area contributed by atoms with Gasteiger partial charge in [0.1, 0.15) is 0 Å². The van der Waals surface area contributed by atoms with E-state index < -0.39 is 20.0 Å². The van der Waals surface area contributed by atoms with Gasteiger partial charge in [0.2, 0.25) is 20.0 Å². The third-order valence-electron chi connectivity index (χ3n) is 3.89. The molecule has 0 aromatic heterocycles. The van der Waals surface area contributed by atoms with Crippen molar-refractivity contribution < 1.29 is 16.8 Å². The Balaban J connectivity index is 2.04. The minimum absolute atomic E-state index is 0.00487. The first-order valence-corrected chi connectivity index (χ1v) is 11.5. The number of nitrogens with one attached hydrogen (secondary N) is 1. The Labute approximate surface area is 156 Å². The van der Waals surface area contributed by atoms with Crippen LogP contribution in [0, 0.1) is 13.8 Å². The van der Waals surface area contributed by atoms with Gasteiger partial charge in [0.05, 0.1) is 11.2 Å². The van der Waals surface area contributed by atoms with E-state index in [1.165, 1.54) is 16.4 Å². The second-order valence-corrected chi connectivity index (χ2v) is 10.0. The van der Waals surface area contributed by atoms with Crippen molar-refractivity contribution in [3.05, 3.63) is 65.2 Å². The summed E-state index contributed by atoms with van der Waals surface area (Å²) in [4.78, 5) is 0.160. The van der Waals surface area contributed by atoms with Gasteiger partial charge < -0.3 is 0 Å². The van der Waals surface area contributed by atoms with Gasteiger partial charge >= 0.3 is 0 Å². The van der Waals surface area contributed by atoms with Crippen LogP contribution in [-0.4, -0.2) is 40.5 Å². The van der Waals surface area contributed by atoms with Crippen molar-refractivity contribution in [1.29, 1.82) is 0 Å². The van der Waals surface area contributed by atoms with Crippen LogP contribution in [0.2, 0.25) is 0 Å². The van der Waals surface area contributed by atoms with Crippen LogP contribution in [0.3, 0.4) is 0 Å². The summed E-state index contributed by atoms with van der Waals surface area (Å²) in [5.74, 6) is 0. The summed E-state index contributed by atoms with van der Waals surface area (Å²) in [5.41, 5.74) is 2.86. The number of rotatable bonds is 8. The molecule has 0 fully saturated rings. The predicted molar refractivity (Wildman–Crippen MR) is 103 cm³/mol. The smallest absolute Gasteiger partial charge is 0.212 e. The highest BCUT2D eigenvalue weighted by Gasteiger charge is 2.19. The van der Waals surface area contributed by atoms with Crippen LogP contribution in [0.4, 0.5) is 0 Å². The van der Waals surface area contributed by atoms with Gasteiger partial charge in [0.25, 0.3) is 0 Å². The van der Waals surface area contributed by atoms with Crippen LogP contribution >= 0.6 is 0 Å². The first-order valence-electron chi connectivity index (χ1n) is 8.15. The van der Waals surface area contributed by atoms with E-state index >= 15 is 0 Å². The average Bonchev–Trinajstić information content (AvgIpc) is 2.53. The lowest BCUT2D eigenvalue weighted by Crippen LogP contribution is -2.37. The highest BCUT2D eigenvalue weighted by atomic mass is 32.2. The molecule has 0 saturated carbocycles. The van der Waals surface area contributed by atoms with Gasteiger partial charge in [-0.2, -0.15) is 4.31 Å². The van der Waals surface area contributed by atoms with Crippen LogP contribution in [-0.2, 0) is 26.6 Å². The summed E-state index contributed by atoms with van der Waals surface area (Å²) in [5, 5.41) is 0. The molecule has 0 bridgehead atoms. The SMILES string of the molecule is Cc1ccc(S(=O)(=O)NCCN(Cc2cccc(C)c2)S(C)(=O)=O)cc1. The molecule has 0 aliphatic carbocycles. The number of hydrogen-bond acceptors (Lipinski definition) is 4. The van der Waals surface area contributed by atoms with Crippen molar-refractivity contribution in [3.63, 3.8) is 0 Å². The Hall–Kier alpha value is -1.74. The van der Waals surface area contributed by atoms with Crippen molar-refractivity contribution in [2.75, 3.05) is 19.3 Å². The number of sulfonamides is 2. The quantitative estimate of drug-likeness (QED) is 0.740. The molecule has 1 N–H and O–H groups in total. The third kappa shape index (κ3) is 5.91. The molecular weight excluding hydrogens is 372 g/mol. The zero-order valence-electron chi connectivity index (χ0n) is 15.1. The second kappa shape index (κ2) is 8.30. The predicted octanol–water partition coefficient (Wildman–Crippen LogP) is 2.04. The second-order valence-electron chi connectivity index (χ2n) is 6.30. The monoisotopic (exact) mass is 396 g/mol. The molecule has 6 nitrogen and oxygen atoms in total. The van der Waals surface area contributed by atoms with E-state index in [-0.39, 0.29) is 24.5 Å². The first-order chi connectivity index (χ1) is 12.1. The molecule has 0 spiro atoms. The molecule has 2 aromatic rings. The lowest BCUT2D eigenvalue weighted by molar-refractivity contribution is 0.412. The zero-order valence-corrected chi connectivity index (χ0v) is 16.8. The number of nitrogens with zero attached hydrogens (tertiary/aromatic N) is 1. The van der Waals surface area contributed by atoms with E-state index in [4.69, 9.17) is 0 Å². The molecule has 0 radical (unpaired) electrons. The summed E-state index contributed by atoms with van der Waals surface area (Å²) in [6.45, 7) is 4.06. The maximum absolute atomic E-state index is 12.3. The zero-order chi connectivity index (χ0) is 19.4. The summed E-state index contributed by atoms with van der Waals surface area (Å²) < 4.78 is 52.4. The minimum Gasteiger partial charge on any atom is -0.212 e. The summed E-state index contributed by atoms with van der Waals surface area (Å²) in [6, 6.07) is 14.0. The van der Waals surface area contributed by atoms with Gasteiger partial charge in [-0.15, -0.1) is 0 Å². The number of hydrogen-bond donors (Lipinski definition) is 1. The highest BCUT2D eigenvalue weighted by Crippen LogP contribution is 2.12. The van der Waals surface area contributed by atoms with Gasteiger partial charge in [-0.3, -0.25) is 0 Å². The van der Waals surface area contributed by atoms with Crippen LogP contribution in [0.1, 0.15) is 16.7 Å². The van der Waals surface area contributed by atoms with Crippen LogP contribution in [0.15, 0.2) is 53.4 Å². The molecule has 0 unspecified atom stereocenters. The molecule has 8 heteroatoms. The van der Waals surface area contributed by atoms with Gasteiger partial charge in [0.15, 0.2) is 0 Å². The fourth-order valence-electron chi connectivity index (χ4n) is 2.48. The summed E-state index contributed by atoms with van der Waals surface area (Å²) in [6.07, 6.45) is 1.12. The van der Waals surface area contributed by atoms with Crippen LogP contribution in [0.25, 0.3) is 0 Å². The van der Waals surface area contributed by atoms with Gasteiger partial charge in [-0.25, -0.2) is 21.6 Å². The normalized spacial score (nSPS) is 12.5. The summed E-state index contributed by atoms with van der Waals surface area (Å²) in [7, 11) is -7.13. The van der Waals surface area contributed by atoms with Crippen LogP contribution < -0.4 is 4.72 Å². The van der Waals surface area contributed by atoms with E-state index in [0.29, 0.717) is 0 Å². The Bertz CT molecular complexity index is 953. The molecule has 2 aromatic carbocycles. The van der Waals surface area contributed by atoms with E-state index in [9.17, 15) is 16.8 Å². The highest BCUT2D eigenvalue weighted by molar-refractivity contribution is 7.89. The first kappa shape index (κ1) is 20.6. The fourth-order valence-corrected chi connectivity index (χ4v) is 4.31. The number of aryl methyl sites for hydroxylation is 2. The Morgan fingerprint density at radius 3 is 2.15 bits per heavy atom. The molecule has 0 saturated heterocycles. The third-order valence-corrected chi connectivity index (χ3v) is 6.62. The van der Waals surface area contributed by atoms with Crippen LogP contribution in [0.5, 0.6) is 0 Å². The van der Waals surface area contributed by atoms with Gasteiger partial charge in [-0.1, -0.05) is 47.5 Å². The molecule has 2 rings (SSSR count). The molecule has 0 aliphatic heterocycles. The average molecular weight is 397 g/mol. The topological polar surface area (TPSA) is 83.6 Å². The molecule has 0 amide bonds. The molecular formula is C18H24N2O4S2. The molecule has 0 aliphatic rings. The number of benzene rings is 2. The van der Waals surface area contributed by atoms with Crippen molar-refractivity contribution in [3.8, 4) is 0 Å². The van der Waals surface area contributed by atoms with E-state index in [0.717, 1.165) is 22.9 Å². The molecule has 0 atom stereocenters. The standard InChI is InChI=1S/C18H24N2O4S2/c1-15-7-9-18(10-8-15)26(23,24)19-11-12-20(25(3,21)22)14-17-6-4-5-16(2)13-17/h4-10,13,19H,11-12,14H2,1-3H3. The van der Waals surface area contributed by atoms with Gasteiger partial charge in [-0.05, 0) is 31.5 Å². The van der Waals surface area contributed by atoms with Crippen molar-refractivity contribution in [2.24, 2.45) is 0 Å². The maximum atomic E-state index is 12.3. The Morgan fingerprint density at radius 2 is 1.58 bits per heavy atom. The van der Waals surface area contributed by atoms with Crippen molar-refractivity contribution in [2.45, 2.75) is 25.3 Å². The molecule has 26 heavy (non-hydrogen) atoms. The Kier molecular flexibility index (Phi) is 6.57. The van der Waals surface area contributed by atoms with E-state index in [2.05, 4.69) is 4.72 Å². The minimum atomic E-state index is -3.67. The molecule has 0 heterocycles. The van der Waals surface area contributed by atoms with Crippen molar-refractivity contribution >= 4 is 20.0 Å². The lowest BCUT2D eigenvalue weighted by atomic mass is 10.1. The maximum Gasteiger partial charge on any atom is 0.240 e. The summed E-state index contributed by atoms with van der Waals surface area (Å²) >= 11 is 0. The van der Waals surface area contributed by atoms with Gasteiger partial charge in [0, 0.05) is 19.6 Å². The lowest BCUT2D eigenvalue weighted by Gasteiger charge is -2.20. The van der Waals surface area contributed by atoms with E-state index in [1.807, 2.05) is 38.1 Å².